The molecule has 1 aliphatic rings. The van der Waals surface area contributed by atoms with Gasteiger partial charge in [-0.05, 0) is 50.4 Å². The maximum atomic E-state index is 12.0. The number of amides is 1. The molecular formula is C16H22N2O3. The maximum absolute atomic E-state index is 12.0. The molecule has 2 N–H and O–H groups in total. The summed E-state index contributed by atoms with van der Waals surface area (Å²) >= 11 is 0. The lowest BCUT2D eigenvalue weighted by Crippen LogP contribution is -2.28. The highest BCUT2D eigenvalue weighted by molar-refractivity contribution is 6.01. The Morgan fingerprint density at radius 3 is 2.71 bits per heavy atom. The summed E-state index contributed by atoms with van der Waals surface area (Å²) < 4.78 is 4.72. The average Bonchev–Trinajstić information content (AvgIpc) is 2.54. The molecule has 1 heterocycles. The zero-order valence-corrected chi connectivity index (χ0v) is 12.4. The van der Waals surface area contributed by atoms with Crippen LogP contribution in [0.15, 0.2) is 24.3 Å². The lowest BCUT2D eigenvalue weighted by molar-refractivity contribution is -0.116. The summed E-state index contributed by atoms with van der Waals surface area (Å²) in [6.07, 6.45) is 3.64. The van der Waals surface area contributed by atoms with E-state index in [0.717, 1.165) is 32.4 Å². The first-order valence-corrected chi connectivity index (χ1v) is 7.38. The van der Waals surface area contributed by atoms with Crippen molar-refractivity contribution in [3.05, 3.63) is 29.8 Å². The van der Waals surface area contributed by atoms with Gasteiger partial charge in [0.2, 0.25) is 5.91 Å². The fraction of sp³-hybridized carbons (Fsp3) is 0.500. The van der Waals surface area contributed by atoms with Crippen LogP contribution in [-0.2, 0) is 9.53 Å². The molecule has 5 heteroatoms. The van der Waals surface area contributed by atoms with Crippen molar-refractivity contribution in [3.63, 3.8) is 0 Å². The van der Waals surface area contributed by atoms with E-state index in [4.69, 9.17) is 4.74 Å². The highest BCUT2D eigenvalue weighted by atomic mass is 16.5. The van der Waals surface area contributed by atoms with Crippen LogP contribution in [0.5, 0.6) is 0 Å². The van der Waals surface area contributed by atoms with Gasteiger partial charge < -0.3 is 15.4 Å². The SMILES string of the molecule is COC(=O)c1ccccc1NC(=O)CCC1CCNCC1. The Kier molecular flexibility index (Phi) is 5.75. The van der Waals surface area contributed by atoms with E-state index >= 15 is 0 Å². The van der Waals surface area contributed by atoms with E-state index in [1.807, 2.05) is 0 Å². The van der Waals surface area contributed by atoms with E-state index in [1.54, 1.807) is 24.3 Å². The minimum absolute atomic E-state index is 0.0510. The molecule has 1 aromatic carbocycles. The summed E-state index contributed by atoms with van der Waals surface area (Å²) in [5.74, 6) is 0.127. The zero-order chi connectivity index (χ0) is 15.1. The summed E-state index contributed by atoms with van der Waals surface area (Å²) in [6.45, 7) is 2.08. The van der Waals surface area contributed by atoms with Crippen LogP contribution in [-0.4, -0.2) is 32.1 Å². The number of nitrogens with one attached hydrogen (secondary N) is 2. The molecule has 0 aliphatic carbocycles. The molecule has 0 spiro atoms. The van der Waals surface area contributed by atoms with Crippen LogP contribution in [0.25, 0.3) is 0 Å². The fourth-order valence-corrected chi connectivity index (χ4v) is 2.60. The molecule has 0 radical (unpaired) electrons. The first-order valence-electron chi connectivity index (χ1n) is 7.38. The summed E-state index contributed by atoms with van der Waals surface area (Å²) in [5.41, 5.74) is 0.898. The van der Waals surface area contributed by atoms with E-state index in [1.165, 1.54) is 7.11 Å². The number of carbonyl (C=O) groups excluding carboxylic acids is 2. The Labute approximate surface area is 125 Å². The lowest BCUT2D eigenvalue weighted by Gasteiger charge is -2.22. The van der Waals surface area contributed by atoms with Gasteiger partial charge in [0.05, 0.1) is 18.4 Å². The van der Waals surface area contributed by atoms with Gasteiger partial charge >= 0.3 is 5.97 Å². The number of hydrogen-bond donors (Lipinski definition) is 2. The van der Waals surface area contributed by atoms with E-state index in [0.29, 0.717) is 23.6 Å². The Bertz CT molecular complexity index is 496. The summed E-state index contributed by atoms with van der Waals surface area (Å²) in [6, 6.07) is 6.90. The molecular weight excluding hydrogens is 268 g/mol. The molecule has 0 aromatic heterocycles. The molecule has 1 saturated heterocycles. The molecule has 1 amide bonds. The van der Waals surface area contributed by atoms with Crippen molar-refractivity contribution < 1.29 is 14.3 Å². The molecule has 21 heavy (non-hydrogen) atoms. The second-order valence-corrected chi connectivity index (χ2v) is 5.32. The van der Waals surface area contributed by atoms with Crippen molar-refractivity contribution in [1.29, 1.82) is 0 Å². The lowest BCUT2D eigenvalue weighted by atomic mass is 9.93. The molecule has 1 aromatic rings. The first-order chi connectivity index (χ1) is 10.2. The third kappa shape index (κ3) is 4.56. The number of methoxy groups -OCH3 is 1. The Hall–Kier alpha value is -1.88. The minimum atomic E-state index is -0.441. The van der Waals surface area contributed by atoms with Crippen molar-refractivity contribution >= 4 is 17.6 Å². The van der Waals surface area contributed by atoms with E-state index in [-0.39, 0.29) is 5.91 Å². The third-order valence-corrected chi connectivity index (χ3v) is 3.84. The topological polar surface area (TPSA) is 67.4 Å². The standard InChI is InChI=1S/C16H22N2O3/c1-21-16(20)13-4-2-3-5-14(13)18-15(19)7-6-12-8-10-17-11-9-12/h2-5,12,17H,6-11H2,1H3,(H,18,19). The zero-order valence-electron chi connectivity index (χ0n) is 12.4. The van der Waals surface area contributed by atoms with Gasteiger partial charge in [-0.1, -0.05) is 12.1 Å². The molecule has 5 nitrogen and oxygen atoms in total. The highest BCUT2D eigenvalue weighted by Gasteiger charge is 2.16. The number of piperidine rings is 1. The highest BCUT2D eigenvalue weighted by Crippen LogP contribution is 2.20. The average molecular weight is 290 g/mol. The van der Waals surface area contributed by atoms with Crippen molar-refractivity contribution in [2.45, 2.75) is 25.7 Å². The van der Waals surface area contributed by atoms with Crippen molar-refractivity contribution in [3.8, 4) is 0 Å². The molecule has 0 saturated carbocycles. The predicted molar refractivity (Wildman–Crippen MR) is 81.2 cm³/mol. The predicted octanol–water partition coefficient (Wildman–Crippen LogP) is 2.19. The molecule has 0 atom stereocenters. The quantitative estimate of drug-likeness (QED) is 0.816. The second-order valence-electron chi connectivity index (χ2n) is 5.32. The van der Waals surface area contributed by atoms with Crippen LogP contribution in [0.3, 0.4) is 0 Å². The summed E-state index contributed by atoms with van der Waals surface area (Å²) in [4.78, 5) is 23.7. The van der Waals surface area contributed by atoms with Gasteiger partial charge in [-0.15, -0.1) is 0 Å². The molecule has 0 unspecified atom stereocenters. The van der Waals surface area contributed by atoms with Gasteiger partial charge in [0.15, 0.2) is 0 Å². The monoisotopic (exact) mass is 290 g/mol. The number of benzene rings is 1. The summed E-state index contributed by atoms with van der Waals surface area (Å²) in [5, 5.41) is 6.13. The normalized spacial score (nSPS) is 15.5. The van der Waals surface area contributed by atoms with Gasteiger partial charge in [-0.25, -0.2) is 4.79 Å². The van der Waals surface area contributed by atoms with Crippen molar-refractivity contribution in [2.24, 2.45) is 5.92 Å². The number of rotatable bonds is 5. The van der Waals surface area contributed by atoms with E-state index in [9.17, 15) is 9.59 Å². The number of anilines is 1. The van der Waals surface area contributed by atoms with Crippen molar-refractivity contribution in [1.82, 2.24) is 5.32 Å². The third-order valence-electron chi connectivity index (χ3n) is 3.84. The smallest absolute Gasteiger partial charge is 0.339 e. The fourth-order valence-electron chi connectivity index (χ4n) is 2.60. The Balaban J connectivity index is 1.88. The summed E-state index contributed by atoms with van der Waals surface area (Å²) in [7, 11) is 1.33. The largest absolute Gasteiger partial charge is 0.465 e. The van der Waals surface area contributed by atoms with Gasteiger partial charge in [-0.2, -0.15) is 0 Å². The molecule has 2 rings (SSSR count). The van der Waals surface area contributed by atoms with Crippen LogP contribution in [0.2, 0.25) is 0 Å². The van der Waals surface area contributed by atoms with Gasteiger partial charge in [-0.3, -0.25) is 4.79 Å². The Morgan fingerprint density at radius 1 is 1.29 bits per heavy atom. The van der Waals surface area contributed by atoms with E-state index < -0.39 is 5.97 Å². The molecule has 114 valence electrons. The molecule has 1 fully saturated rings. The second kappa shape index (κ2) is 7.78. The molecule has 0 bridgehead atoms. The Morgan fingerprint density at radius 2 is 2.00 bits per heavy atom. The van der Waals surface area contributed by atoms with Crippen LogP contribution in [0.4, 0.5) is 5.69 Å². The van der Waals surface area contributed by atoms with Crippen LogP contribution < -0.4 is 10.6 Å². The van der Waals surface area contributed by atoms with Crippen LogP contribution in [0, 0.1) is 5.92 Å². The number of hydrogen-bond acceptors (Lipinski definition) is 4. The minimum Gasteiger partial charge on any atom is -0.465 e. The first kappa shape index (κ1) is 15.5. The maximum Gasteiger partial charge on any atom is 0.339 e. The van der Waals surface area contributed by atoms with Crippen LogP contribution >= 0.6 is 0 Å². The molecule has 1 aliphatic heterocycles. The van der Waals surface area contributed by atoms with Crippen LogP contribution in [0.1, 0.15) is 36.0 Å². The van der Waals surface area contributed by atoms with Gasteiger partial charge in [0.25, 0.3) is 0 Å². The van der Waals surface area contributed by atoms with Gasteiger partial charge in [0.1, 0.15) is 0 Å². The number of carbonyl (C=O) groups is 2. The van der Waals surface area contributed by atoms with E-state index in [2.05, 4.69) is 10.6 Å². The number of para-hydroxylation sites is 1. The number of ether oxygens (including phenoxy) is 1. The van der Waals surface area contributed by atoms with Gasteiger partial charge in [0, 0.05) is 6.42 Å². The van der Waals surface area contributed by atoms with Crippen molar-refractivity contribution in [2.75, 3.05) is 25.5 Å². The number of esters is 1.